The number of hydrogen-bond acceptors (Lipinski definition) is 1. The summed E-state index contributed by atoms with van der Waals surface area (Å²) in [4.78, 5) is 12.4. The Morgan fingerprint density at radius 1 is 1.19 bits per heavy atom. The molecule has 1 aromatic carbocycles. The van der Waals surface area contributed by atoms with Gasteiger partial charge in [0, 0.05) is 11.6 Å². The molecule has 0 aliphatic heterocycles. The maximum Gasteiger partial charge on any atom is 0.251 e. The molecule has 1 saturated carbocycles. The fourth-order valence-electron chi connectivity index (χ4n) is 4.00. The molecule has 1 N–H and O–H groups in total. The molecule has 21 heavy (non-hydrogen) atoms. The van der Waals surface area contributed by atoms with Gasteiger partial charge in [-0.2, -0.15) is 0 Å². The largest absolute Gasteiger partial charge is 0.349 e. The van der Waals surface area contributed by atoms with Crippen LogP contribution in [0, 0.1) is 23.6 Å². The van der Waals surface area contributed by atoms with E-state index in [9.17, 15) is 9.18 Å². The summed E-state index contributed by atoms with van der Waals surface area (Å²) in [7, 11) is 0. The van der Waals surface area contributed by atoms with Gasteiger partial charge in [-0.25, -0.2) is 4.39 Å². The highest BCUT2D eigenvalue weighted by molar-refractivity contribution is 5.94. The molecule has 3 heteroatoms. The molecule has 0 bridgehead atoms. The van der Waals surface area contributed by atoms with Crippen molar-refractivity contribution in [3.8, 4) is 0 Å². The van der Waals surface area contributed by atoms with Crippen molar-refractivity contribution < 1.29 is 9.18 Å². The standard InChI is InChI=1S/C18H26FNO/c1-12-8-13(6-7-15(12)19)16(21)20-14-9-17(2,3)11-18(4,5)10-14/h6-8,14H,9-11H2,1-5H3,(H,20,21). The molecule has 0 aromatic heterocycles. The number of carbonyl (C=O) groups excluding carboxylic acids is 1. The molecule has 1 aromatic rings. The Balaban J connectivity index is 2.10. The number of hydrogen-bond donors (Lipinski definition) is 1. The molecule has 1 amide bonds. The van der Waals surface area contributed by atoms with Crippen LogP contribution in [0.15, 0.2) is 18.2 Å². The predicted molar refractivity (Wildman–Crippen MR) is 83.8 cm³/mol. The van der Waals surface area contributed by atoms with Crippen molar-refractivity contribution in [2.24, 2.45) is 10.8 Å². The number of aryl methyl sites for hydroxylation is 1. The van der Waals surface area contributed by atoms with Crippen molar-refractivity contribution in [1.29, 1.82) is 0 Å². The molecule has 0 heterocycles. The molecule has 1 fully saturated rings. The number of nitrogens with one attached hydrogen (secondary N) is 1. The molecule has 116 valence electrons. The van der Waals surface area contributed by atoms with Gasteiger partial charge < -0.3 is 5.32 Å². The van der Waals surface area contributed by atoms with Crippen molar-refractivity contribution >= 4 is 5.91 Å². The Morgan fingerprint density at radius 3 is 2.29 bits per heavy atom. The van der Waals surface area contributed by atoms with Crippen molar-refractivity contribution in [3.63, 3.8) is 0 Å². The lowest BCUT2D eigenvalue weighted by Gasteiger charge is -2.45. The van der Waals surface area contributed by atoms with Gasteiger partial charge in [0.15, 0.2) is 0 Å². The minimum absolute atomic E-state index is 0.100. The van der Waals surface area contributed by atoms with E-state index in [0.29, 0.717) is 11.1 Å². The average Bonchev–Trinajstić information content (AvgIpc) is 2.28. The summed E-state index contributed by atoms with van der Waals surface area (Å²) in [6, 6.07) is 4.71. The minimum Gasteiger partial charge on any atom is -0.349 e. The summed E-state index contributed by atoms with van der Waals surface area (Å²) in [6.07, 6.45) is 3.15. The van der Waals surface area contributed by atoms with Crippen LogP contribution in [0.25, 0.3) is 0 Å². The summed E-state index contributed by atoms with van der Waals surface area (Å²) >= 11 is 0. The van der Waals surface area contributed by atoms with E-state index >= 15 is 0 Å². The van der Waals surface area contributed by atoms with E-state index in [1.807, 2.05) is 0 Å². The van der Waals surface area contributed by atoms with Crippen LogP contribution in [0.3, 0.4) is 0 Å². The highest BCUT2D eigenvalue weighted by Gasteiger charge is 2.38. The smallest absolute Gasteiger partial charge is 0.251 e. The van der Waals surface area contributed by atoms with Crippen molar-refractivity contribution in [2.75, 3.05) is 0 Å². The van der Waals surface area contributed by atoms with Gasteiger partial charge in [0.2, 0.25) is 0 Å². The number of halogens is 1. The van der Waals surface area contributed by atoms with E-state index in [2.05, 4.69) is 33.0 Å². The number of carbonyl (C=O) groups is 1. The van der Waals surface area contributed by atoms with E-state index in [1.54, 1.807) is 19.1 Å². The van der Waals surface area contributed by atoms with Gasteiger partial charge in [-0.15, -0.1) is 0 Å². The Labute approximate surface area is 127 Å². The fourth-order valence-corrected chi connectivity index (χ4v) is 4.00. The van der Waals surface area contributed by atoms with Crippen LogP contribution in [0.1, 0.15) is 62.9 Å². The highest BCUT2D eigenvalue weighted by Crippen LogP contribution is 2.45. The topological polar surface area (TPSA) is 29.1 Å². The summed E-state index contributed by atoms with van der Waals surface area (Å²) in [5, 5.41) is 3.13. The lowest BCUT2D eigenvalue weighted by Crippen LogP contribution is -2.46. The Hall–Kier alpha value is -1.38. The van der Waals surface area contributed by atoms with Crippen LogP contribution >= 0.6 is 0 Å². The monoisotopic (exact) mass is 291 g/mol. The molecule has 1 aliphatic carbocycles. The second-order valence-electron chi connectivity index (χ2n) is 8.05. The van der Waals surface area contributed by atoms with Gasteiger partial charge in [-0.1, -0.05) is 27.7 Å². The third-order valence-electron chi connectivity index (χ3n) is 4.31. The molecule has 0 saturated heterocycles. The van der Waals surface area contributed by atoms with Gasteiger partial charge >= 0.3 is 0 Å². The SMILES string of the molecule is Cc1cc(C(=O)NC2CC(C)(C)CC(C)(C)C2)ccc1F. The fraction of sp³-hybridized carbons (Fsp3) is 0.611. The first-order valence-electron chi connectivity index (χ1n) is 7.65. The summed E-state index contributed by atoms with van der Waals surface area (Å²) in [6.45, 7) is 10.7. The number of amides is 1. The molecule has 1 aliphatic rings. The molecule has 0 atom stereocenters. The van der Waals surface area contributed by atoms with Gasteiger partial charge in [0.1, 0.15) is 5.82 Å². The zero-order valence-electron chi connectivity index (χ0n) is 13.7. The van der Waals surface area contributed by atoms with Gasteiger partial charge in [-0.3, -0.25) is 4.79 Å². The van der Waals surface area contributed by atoms with Crippen LogP contribution in [0.4, 0.5) is 4.39 Å². The van der Waals surface area contributed by atoms with E-state index in [1.165, 1.54) is 12.5 Å². The van der Waals surface area contributed by atoms with Gasteiger partial charge in [-0.05, 0) is 60.8 Å². The van der Waals surface area contributed by atoms with Crippen molar-refractivity contribution in [1.82, 2.24) is 5.32 Å². The second kappa shape index (κ2) is 5.43. The van der Waals surface area contributed by atoms with E-state index in [0.717, 1.165) is 12.8 Å². The third kappa shape index (κ3) is 4.05. The molecule has 2 rings (SSSR count). The van der Waals surface area contributed by atoms with Crippen LogP contribution in [-0.4, -0.2) is 11.9 Å². The van der Waals surface area contributed by atoms with Gasteiger partial charge in [0.05, 0.1) is 0 Å². The first kappa shape index (κ1) is 16.0. The lowest BCUT2D eigenvalue weighted by atomic mass is 9.63. The highest BCUT2D eigenvalue weighted by atomic mass is 19.1. The molecular weight excluding hydrogens is 265 g/mol. The summed E-state index contributed by atoms with van der Waals surface area (Å²) in [5.74, 6) is -0.372. The Morgan fingerprint density at radius 2 is 1.76 bits per heavy atom. The van der Waals surface area contributed by atoms with Crippen LogP contribution in [0.2, 0.25) is 0 Å². The van der Waals surface area contributed by atoms with Crippen molar-refractivity contribution in [2.45, 2.75) is 59.9 Å². The number of benzene rings is 1. The van der Waals surface area contributed by atoms with Gasteiger partial charge in [0.25, 0.3) is 5.91 Å². The lowest BCUT2D eigenvalue weighted by molar-refractivity contribution is 0.0713. The average molecular weight is 291 g/mol. The Bertz CT molecular complexity index is 532. The summed E-state index contributed by atoms with van der Waals surface area (Å²) < 4.78 is 13.3. The predicted octanol–water partition coefficient (Wildman–Crippen LogP) is 4.47. The van der Waals surface area contributed by atoms with E-state index in [-0.39, 0.29) is 28.6 Å². The molecule has 0 radical (unpaired) electrons. The quantitative estimate of drug-likeness (QED) is 0.856. The molecule has 0 unspecified atom stereocenters. The van der Waals surface area contributed by atoms with E-state index < -0.39 is 0 Å². The maximum atomic E-state index is 13.3. The minimum atomic E-state index is -0.272. The Kier molecular flexibility index (Phi) is 4.14. The van der Waals surface area contributed by atoms with E-state index in [4.69, 9.17) is 0 Å². The summed E-state index contributed by atoms with van der Waals surface area (Å²) in [5.41, 5.74) is 1.51. The maximum absolute atomic E-state index is 13.3. The number of rotatable bonds is 2. The zero-order chi connectivity index (χ0) is 15.8. The second-order valence-corrected chi connectivity index (χ2v) is 8.05. The first-order chi connectivity index (χ1) is 9.58. The zero-order valence-corrected chi connectivity index (χ0v) is 13.7. The first-order valence-corrected chi connectivity index (χ1v) is 7.65. The molecule has 2 nitrogen and oxygen atoms in total. The van der Waals surface area contributed by atoms with Crippen molar-refractivity contribution in [3.05, 3.63) is 35.1 Å². The molecule has 0 spiro atoms. The van der Waals surface area contributed by atoms with Crippen LogP contribution < -0.4 is 5.32 Å². The normalized spacial score (nSPS) is 21.0. The van der Waals surface area contributed by atoms with Crippen LogP contribution in [-0.2, 0) is 0 Å². The molecular formula is C18H26FNO. The van der Waals surface area contributed by atoms with Crippen LogP contribution in [0.5, 0.6) is 0 Å². The third-order valence-corrected chi connectivity index (χ3v) is 4.31.